The van der Waals surface area contributed by atoms with Crippen LogP contribution in [0.15, 0.2) is 65.6 Å². The maximum Gasteiger partial charge on any atom is 0.232 e. The van der Waals surface area contributed by atoms with Gasteiger partial charge in [-0.3, -0.25) is 9.59 Å². The topological polar surface area (TPSA) is 40.6 Å². The third-order valence-corrected chi connectivity index (χ3v) is 8.16. The summed E-state index contributed by atoms with van der Waals surface area (Å²) >= 11 is 7.96. The molecule has 0 atom stereocenters. The predicted molar refractivity (Wildman–Crippen MR) is 135 cm³/mol. The molecule has 0 radical (unpaired) electrons. The lowest BCUT2D eigenvalue weighted by atomic mass is 9.93. The largest absolute Gasteiger partial charge is 0.342 e. The van der Waals surface area contributed by atoms with Crippen molar-refractivity contribution in [2.24, 2.45) is 5.92 Å². The van der Waals surface area contributed by atoms with Crippen molar-refractivity contribution in [2.45, 2.75) is 30.7 Å². The van der Waals surface area contributed by atoms with E-state index in [1.54, 1.807) is 0 Å². The Morgan fingerprint density at radius 3 is 2.39 bits per heavy atom. The summed E-state index contributed by atoms with van der Waals surface area (Å²) in [4.78, 5) is 30.9. The Kier molecular flexibility index (Phi) is 6.61. The van der Waals surface area contributed by atoms with Crippen LogP contribution in [0.3, 0.4) is 0 Å². The lowest BCUT2D eigenvalue weighted by Gasteiger charge is -2.36. The third-order valence-electron chi connectivity index (χ3n) is 6.81. The van der Waals surface area contributed by atoms with Crippen molar-refractivity contribution in [1.29, 1.82) is 0 Å². The van der Waals surface area contributed by atoms with E-state index >= 15 is 0 Å². The number of rotatable bonds is 4. The van der Waals surface area contributed by atoms with Gasteiger partial charge in [-0.05, 0) is 47.9 Å². The van der Waals surface area contributed by atoms with Gasteiger partial charge in [0.25, 0.3) is 0 Å². The zero-order valence-electron chi connectivity index (χ0n) is 18.5. The van der Waals surface area contributed by atoms with Crippen molar-refractivity contribution in [2.75, 3.05) is 25.4 Å². The number of benzene rings is 3. The van der Waals surface area contributed by atoms with E-state index in [1.165, 1.54) is 22.9 Å². The maximum atomic E-state index is 13.1. The third kappa shape index (κ3) is 4.75. The minimum Gasteiger partial charge on any atom is -0.342 e. The van der Waals surface area contributed by atoms with Gasteiger partial charge in [-0.15, -0.1) is 11.8 Å². The van der Waals surface area contributed by atoms with Gasteiger partial charge in [0.1, 0.15) is 0 Å². The number of hydrogen-bond donors (Lipinski definition) is 0. The van der Waals surface area contributed by atoms with Gasteiger partial charge in [0.2, 0.25) is 11.8 Å². The molecule has 3 aromatic carbocycles. The van der Waals surface area contributed by atoms with Crippen molar-refractivity contribution in [1.82, 2.24) is 9.80 Å². The average molecular weight is 479 g/mol. The van der Waals surface area contributed by atoms with E-state index in [0.29, 0.717) is 30.4 Å². The number of piperidine rings is 1. The van der Waals surface area contributed by atoms with Crippen LogP contribution >= 0.6 is 23.4 Å². The Bertz CT molecular complexity index is 1180. The van der Waals surface area contributed by atoms with Crippen LogP contribution in [0.1, 0.15) is 24.0 Å². The molecule has 0 saturated carbocycles. The van der Waals surface area contributed by atoms with Crippen molar-refractivity contribution in [3.63, 3.8) is 0 Å². The molecule has 1 saturated heterocycles. The normalized spacial score (nSPS) is 16.6. The van der Waals surface area contributed by atoms with Crippen LogP contribution in [-0.2, 0) is 22.6 Å². The van der Waals surface area contributed by atoms with E-state index in [0.717, 1.165) is 41.5 Å². The molecule has 33 heavy (non-hydrogen) atoms. The lowest BCUT2D eigenvalue weighted by Crippen LogP contribution is -2.46. The van der Waals surface area contributed by atoms with Gasteiger partial charge < -0.3 is 9.80 Å². The molecule has 0 spiro atoms. The molecule has 5 rings (SSSR count). The maximum absolute atomic E-state index is 13.1. The second-order valence-corrected chi connectivity index (χ2v) is 10.2. The second-order valence-electron chi connectivity index (χ2n) is 8.82. The van der Waals surface area contributed by atoms with Gasteiger partial charge in [0.05, 0.1) is 5.75 Å². The molecule has 2 aliphatic rings. The van der Waals surface area contributed by atoms with Crippen LogP contribution in [0.2, 0.25) is 5.02 Å². The molecular formula is C27H27ClN2O2S. The highest BCUT2D eigenvalue weighted by Crippen LogP contribution is 2.33. The van der Waals surface area contributed by atoms with Crippen LogP contribution < -0.4 is 0 Å². The highest BCUT2D eigenvalue weighted by atomic mass is 35.5. The minimum atomic E-state index is 0.0174. The van der Waals surface area contributed by atoms with Crippen LogP contribution in [0.25, 0.3) is 10.8 Å². The highest BCUT2D eigenvalue weighted by molar-refractivity contribution is 8.00. The summed E-state index contributed by atoms with van der Waals surface area (Å²) in [6.07, 6.45) is 2.41. The number of carbonyl (C=O) groups excluding carboxylic acids is 2. The molecule has 2 heterocycles. The zero-order chi connectivity index (χ0) is 22.8. The summed E-state index contributed by atoms with van der Waals surface area (Å²) in [5, 5.41) is 2.80. The van der Waals surface area contributed by atoms with Crippen LogP contribution in [-0.4, -0.2) is 47.0 Å². The first-order valence-electron chi connectivity index (χ1n) is 11.5. The van der Waals surface area contributed by atoms with E-state index < -0.39 is 0 Å². The molecule has 0 N–H and O–H groups in total. The fourth-order valence-corrected chi connectivity index (χ4v) is 6.28. The number of hydrogen-bond acceptors (Lipinski definition) is 3. The van der Waals surface area contributed by atoms with Crippen molar-refractivity contribution >= 4 is 45.9 Å². The number of amides is 2. The first kappa shape index (κ1) is 22.3. The Labute approximate surface area is 203 Å². The van der Waals surface area contributed by atoms with Crippen molar-refractivity contribution in [3.8, 4) is 0 Å². The van der Waals surface area contributed by atoms with Crippen LogP contribution in [0.5, 0.6) is 0 Å². The molecule has 0 aromatic heterocycles. The van der Waals surface area contributed by atoms with E-state index in [2.05, 4.69) is 18.2 Å². The molecule has 0 aliphatic carbocycles. The summed E-state index contributed by atoms with van der Waals surface area (Å²) in [6.45, 7) is 2.80. The zero-order valence-corrected chi connectivity index (χ0v) is 20.1. The van der Waals surface area contributed by atoms with Gasteiger partial charge in [-0.2, -0.15) is 0 Å². The molecule has 2 aliphatic heterocycles. The molecule has 6 heteroatoms. The molecular weight excluding hydrogens is 452 g/mol. The molecule has 3 aromatic rings. The second kappa shape index (κ2) is 9.78. The smallest absolute Gasteiger partial charge is 0.232 e. The number of carbonyl (C=O) groups is 2. The van der Waals surface area contributed by atoms with Crippen LogP contribution in [0, 0.1) is 5.92 Å². The summed E-state index contributed by atoms with van der Waals surface area (Å²) in [5.74, 6) is 0.772. The van der Waals surface area contributed by atoms with Crippen LogP contribution in [0.4, 0.5) is 0 Å². The van der Waals surface area contributed by atoms with E-state index in [-0.39, 0.29) is 17.7 Å². The summed E-state index contributed by atoms with van der Waals surface area (Å²) in [5.41, 5.74) is 2.61. The Balaban J connectivity index is 1.15. The molecule has 4 nitrogen and oxygen atoms in total. The fourth-order valence-electron chi connectivity index (χ4n) is 4.93. The van der Waals surface area contributed by atoms with Gasteiger partial charge in [0.15, 0.2) is 0 Å². The Morgan fingerprint density at radius 1 is 0.879 bits per heavy atom. The van der Waals surface area contributed by atoms with Gasteiger partial charge in [0, 0.05) is 47.4 Å². The number of nitrogens with zero attached hydrogens (tertiary/aromatic N) is 2. The van der Waals surface area contributed by atoms with Crippen molar-refractivity contribution < 1.29 is 9.59 Å². The van der Waals surface area contributed by atoms with Crippen molar-refractivity contribution in [3.05, 3.63) is 76.8 Å². The summed E-state index contributed by atoms with van der Waals surface area (Å²) in [7, 11) is 0. The minimum absolute atomic E-state index is 0.0174. The standard InChI is InChI=1S/C27H27ClN2O2S/c28-23-9-3-7-20-8-4-10-24(26(20)23)33-18-25(31)29-14-12-21(13-15-29)27(32)30-16-11-19-5-1-2-6-22(19)17-30/h1-10,21H,11-18H2. The quantitative estimate of drug-likeness (QED) is 0.471. The highest BCUT2D eigenvalue weighted by Gasteiger charge is 2.31. The fraction of sp³-hybridized carbons (Fsp3) is 0.333. The van der Waals surface area contributed by atoms with E-state index in [1.807, 2.05) is 52.3 Å². The molecule has 2 amide bonds. The average Bonchev–Trinajstić information content (AvgIpc) is 2.86. The Morgan fingerprint density at radius 2 is 1.61 bits per heavy atom. The van der Waals surface area contributed by atoms with Gasteiger partial charge >= 0.3 is 0 Å². The van der Waals surface area contributed by atoms with E-state index in [4.69, 9.17) is 11.6 Å². The van der Waals surface area contributed by atoms with E-state index in [9.17, 15) is 9.59 Å². The first-order chi connectivity index (χ1) is 16.1. The lowest BCUT2D eigenvalue weighted by molar-refractivity contribution is -0.140. The molecule has 1 fully saturated rings. The molecule has 0 unspecified atom stereocenters. The first-order valence-corrected chi connectivity index (χ1v) is 12.9. The number of likely N-dealkylation sites (tertiary alicyclic amines) is 1. The molecule has 0 bridgehead atoms. The van der Waals surface area contributed by atoms with Gasteiger partial charge in [-0.25, -0.2) is 0 Å². The molecule has 170 valence electrons. The Hall–Kier alpha value is -2.50. The SMILES string of the molecule is O=C(CSc1cccc2cccc(Cl)c12)N1CCC(C(=O)N2CCc3ccccc3C2)CC1. The number of fused-ring (bicyclic) bond motifs is 2. The summed E-state index contributed by atoms with van der Waals surface area (Å²) in [6, 6.07) is 20.3. The van der Waals surface area contributed by atoms with Gasteiger partial charge in [-0.1, -0.05) is 60.1 Å². The number of thioether (sulfide) groups is 1. The summed E-state index contributed by atoms with van der Waals surface area (Å²) < 4.78 is 0. The number of halogens is 1. The predicted octanol–water partition coefficient (Wildman–Crippen LogP) is 5.41. The monoisotopic (exact) mass is 478 g/mol.